The third-order valence-corrected chi connectivity index (χ3v) is 4.14. The molecule has 112 valence electrons. The molecule has 0 bridgehead atoms. The third-order valence-electron chi connectivity index (χ3n) is 4.14. The minimum atomic E-state index is -0.171. The van der Waals surface area contributed by atoms with Crippen molar-refractivity contribution < 1.29 is 4.39 Å². The zero-order valence-electron chi connectivity index (χ0n) is 12.3. The second kappa shape index (κ2) is 5.85. The molecule has 4 nitrogen and oxygen atoms in total. The summed E-state index contributed by atoms with van der Waals surface area (Å²) >= 11 is 0. The van der Waals surface area contributed by atoms with Gasteiger partial charge in [-0.1, -0.05) is 19.1 Å². The van der Waals surface area contributed by atoms with Gasteiger partial charge in [0.15, 0.2) is 0 Å². The summed E-state index contributed by atoms with van der Waals surface area (Å²) in [5.41, 5.74) is 7.74. The van der Waals surface area contributed by atoms with E-state index in [4.69, 9.17) is 5.73 Å². The number of nitrogens with two attached hydrogens (primary N) is 1. The maximum absolute atomic E-state index is 14.4. The first-order valence-electron chi connectivity index (χ1n) is 7.47. The molecule has 5 heteroatoms. The summed E-state index contributed by atoms with van der Waals surface area (Å²) in [7, 11) is 0. The predicted molar refractivity (Wildman–Crippen MR) is 81.6 cm³/mol. The Hall–Kier alpha value is -1.88. The van der Waals surface area contributed by atoms with Gasteiger partial charge in [0.2, 0.25) is 0 Å². The molecule has 3 rings (SSSR count). The van der Waals surface area contributed by atoms with Gasteiger partial charge in [0.05, 0.1) is 12.2 Å². The van der Waals surface area contributed by atoms with Crippen LogP contribution >= 0.6 is 0 Å². The van der Waals surface area contributed by atoms with Crippen LogP contribution in [0.1, 0.15) is 24.7 Å². The van der Waals surface area contributed by atoms with Crippen LogP contribution in [-0.4, -0.2) is 22.1 Å². The molecule has 0 aliphatic carbocycles. The number of aromatic nitrogens is 2. The molecule has 0 radical (unpaired) electrons. The minimum absolute atomic E-state index is 0.0670. The van der Waals surface area contributed by atoms with Gasteiger partial charge in [-0.05, 0) is 24.5 Å². The Morgan fingerprint density at radius 2 is 2.24 bits per heavy atom. The van der Waals surface area contributed by atoms with E-state index in [-0.39, 0.29) is 11.9 Å². The van der Waals surface area contributed by atoms with Crippen molar-refractivity contribution in [1.82, 2.24) is 9.55 Å². The van der Waals surface area contributed by atoms with Crippen molar-refractivity contribution in [3.8, 4) is 0 Å². The monoisotopic (exact) mass is 288 g/mol. The lowest BCUT2D eigenvalue weighted by Crippen LogP contribution is -2.35. The molecule has 0 fully saturated rings. The molecule has 1 aromatic carbocycles. The van der Waals surface area contributed by atoms with E-state index in [0.717, 1.165) is 30.9 Å². The molecule has 1 aliphatic rings. The van der Waals surface area contributed by atoms with Crippen LogP contribution in [-0.2, 0) is 19.5 Å². The van der Waals surface area contributed by atoms with E-state index in [1.165, 1.54) is 6.07 Å². The van der Waals surface area contributed by atoms with Crippen LogP contribution in [0.4, 0.5) is 10.1 Å². The number of anilines is 1. The molecule has 0 saturated carbocycles. The van der Waals surface area contributed by atoms with Crippen LogP contribution in [0, 0.1) is 5.82 Å². The quantitative estimate of drug-likeness (QED) is 0.939. The molecule has 1 aromatic heterocycles. The largest absolute Gasteiger partial charge is 0.360 e. The molecule has 2 heterocycles. The van der Waals surface area contributed by atoms with E-state index < -0.39 is 0 Å². The Morgan fingerprint density at radius 3 is 3.05 bits per heavy atom. The number of fused-ring (bicyclic) bond motifs is 1. The normalized spacial score (nSPS) is 15.9. The number of benzene rings is 1. The smallest absolute Gasteiger partial charge is 0.146 e. The van der Waals surface area contributed by atoms with E-state index >= 15 is 0 Å². The maximum Gasteiger partial charge on any atom is 0.146 e. The van der Waals surface area contributed by atoms with E-state index in [9.17, 15) is 4.39 Å². The van der Waals surface area contributed by atoms with Gasteiger partial charge in [-0.15, -0.1) is 0 Å². The van der Waals surface area contributed by atoms with Gasteiger partial charge in [0, 0.05) is 31.5 Å². The van der Waals surface area contributed by atoms with Crippen molar-refractivity contribution in [2.24, 2.45) is 5.73 Å². The molecule has 2 N–H and O–H groups in total. The van der Waals surface area contributed by atoms with Crippen molar-refractivity contribution in [2.75, 3.05) is 11.4 Å². The lowest BCUT2D eigenvalue weighted by atomic mass is 10.0. The molecule has 1 unspecified atom stereocenters. The molecule has 0 spiro atoms. The highest BCUT2D eigenvalue weighted by molar-refractivity contribution is 5.55. The summed E-state index contributed by atoms with van der Waals surface area (Å²) in [6.45, 7) is 4.32. The van der Waals surface area contributed by atoms with Crippen molar-refractivity contribution in [2.45, 2.75) is 38.9 Å². The summed E-state index contributed by atoms with van der Waals surface area (Å²) in [6, 6.07) is 5.34. The molecule has 1 atom stereocenters. The first kappa shape index (κ1) is 14.1. The van der Waals surface area contributed by atoms with Crippen molar-refractivity contribution in [1.29, 1.82) is 0 Å². The van der Waals surface area contributed by atoms with Crippen LogP contribution in [0.5, 0.6) is 0 Å². The molecular weight excluding hydrogens is 267 g/mol. The molecule has 0 saturated heterocycles. The number of para-hydroxylation sites is 1. The van der Waals surface area contributed by atoms with Gasteiger partial charge in [0.1, 0.15) is 11.6 Å². The van der Waals surface area contributed by atoms with Crippen LogP contribution in [0.2, 0.25) is 0 Å². The summed E-state index contributed by atoms with van der Waals surface area (Å²) in [5.74, 6) is 0.811. The van der Waals surface area contributed by atoms with Crippen molar-refractivity contribution in [3.05, 3.63) is 47.8 Å². The first-order valence-corrected chi connectivity index (χ1v) is 7.47. The van der Waals surface area contributed by atoms with Gasteiger partial charge < -0.3 is 15.2 Å². The zero-order valence-corrected chi connectivity index (χ0v) is 12.3. The van der Waals surface area contributed by atoms with E-state index in [0.29, 0.717) is 18.7 Å². The highest BCUT2D eigenvalue weighted by atomic mass is 19.1. The Bertz CT molecular complexity index is 622. The highest BCUT2D eigenvalue weighted by Crippen LogP contribution is 2.28. The topological polar surface area (TPSA) is 47.1 Å². The molecule has 1 aliphatic heterocycles. The summed E-state index contributed by atoms with van der Waals surface area (Å²) in [5, 5.41) is 0. The van der Waals surface area contributed by atoms with Crippen LogP contribution < -0.4 is 10.6 Å². The number of rotatable bonds is 4. The van der Waals surface area contributed by atoms with Gasteiger partial charge in [0.25, 0.3) is 0 Å². The average molecular weight is 288 g/mol. The number of imidazole rings is 1. The van der Waals surface area contributed by atoms with Crippen LogP contribution in [0.15, 0.2) is 30.6 Å². The fourth-order valence-corrected chi connectivity index (χ4v) is 2.87. The molecule has 21 heavy (non-hydrogen) atoms. The minimum Gasteiger partial charge on any atom is -0.360 e. The fraction of sp³-hybridized carbons (Fsp3) is 0.438. The average Bonchev–Trinajstić information content (AvgIpc) is 2.94. The summed E-state index contributed by atoms with van der Waals surface area (Å²) in [4.78, 5) is 6.42. The molecule has 2 aromatic rings. The van der Waals surface area contributed by atoms with Crippen molar-refractivity contribution >= 4 is 5.69 Å². The Balaban J connectivity index is 1.91. The highest BCUT2D eigenvalue weighted by Gasteiger charge is 2.22. The van der Waals surface area contributed by atoms with E-state index in [1.54, 1.807) is 12.3 Å². The SMILES string of the molecule is CCC(N)Cc1cccc(F)c1N1CCn2ccnc2C1. The number of hydrogen-bond donors (Lipinski definition) is 1. The zero-order chi connectivity index (χ0) is 14.8. The van der Waals surface area contributed by atoms with Crippen LogP contribution in [0.25, 0.3) is 0 Å². The third kappa shape index (κ3) is 2.78. The number of hydrogen-bond acceptors (Lipinski definition) is 3. The Kier molecular flexibility index (Phi) is 3.92. The Morgan fingerprint density at radius 1 is 1.38 bits per heavy atom. The first-order chi connectivity index (χ1) is 10.2. The van der Waals surface area contributed by atoms with Gasteiger partial charge in [-0.2, -0.15) is 0 Å². The fourth-order valence-electron chi connectivity index (χ4n) is 2.87. The lowest BCUT2D eigenvalue weighted by Gasteiger charge is -2.31. The van der Waals surface area contributed by atoms with Crippen molar-refractivity contribution in [3.63, 3.8) is 0 Å². The second-order valence-corrected chi connectivity index (χ2v) is 5.58. The molecular formula is C16H21FN4. The van der Waals surface area contributed by atoms with Gasteiger partial charge >= 0.3 is 0 Å². The molecule has 0 amide bonds. The number of halogens is 1. The van der Waals surface area contributed by atoms with Crippen LogP contribution in [0.3, 0.4) is 0 Å². The standard InChI is InChI=1S/C16H21FN4/c1-2-13(18)10-12-4-3-5-14(17)16(12)21-9-8-20-7-6-19-15(20)11-21/h3-7,13H,2,8-11,18H2,1H3. The van der Waals surface area contributed by atoms with E-state index in [2.05, 4.69) is 21.4 Å². The lowest BCUT2D eigenvalue weighted by molar-refractivity contribution is 0.539. The van der Waals surface area contributed by atoms with Gasteiger partial charge in [-0.25, -0.2) is 9.37 Å². The van der Waals surface area contributed by atoms with E-state index in [1.807, 2.05) is 12.3 Å². The van der Waals surface area contributed by atoms with Gasteiger partial charge in [-0.3, -0.25) is 0 Å². The maximum atomic E-state index is 14.4. The number of nitrogens with zero attached hydrogens (tertiary/aromatic N) is 3. The summed E-state index contributed by atoms with van der Waals surface area (Å²) in [6.07, 6.45) is 5.37. The predicted octanol–water partition coefficient (Wildman–Crippen LogP) is 2.32. The summed E-state index contributed by atoms with van der Waals surface area (Å²) < 4.78 is 16.5. The second-order valence-electron chi connectivity index (χ2n) is 5.58. The Labute approximate surface area is 124 Å².